The standard InChI is InChI=1S/C15H22N4/c1-12(2)10-14-5-6-15(18-17-14)19-9-3-4-13(11-19)7-8-16/h5-6,12-13H,3-4,7,9-11H2,1-2H3. The molecule has 0 amide bonds. The summed E-state index contributed by atoms with van der Waals surface area (Å²) in [6, 6.07) is 6.43. The van der Waals surface area contributed by atoms with Gasteiger partial charge in [-0.05, 0) is 43.2 Å². The normalized spacial score (nSPS) is 19.5. The van der Waals surface area contributed by atoms with Crippen LogP contribution >= 0.6 is 0 Å². The van der Waals surface area contributed by atoms with Gasteiger partial charge >= 0.3 is 0 Å². The Balaban J connectivity index is 1.99. The second kappa shape index (κ2) is 6.51. The van der Waals surface area contributed by atoms with Crippen LogP contribution in [0.4, 0.5) is 5.82 Å². The van der Waals surface area contributed by atoms with Crippen LogP contribution in [0.15, 0.2) is 12.1 Å². The topological polar surface area (TPSA) is 52.8 Å². The van der Waals surface area contributed by atoms with Crippen molar-refractivity contribution in [3.8, 4) is 6.07 Å². The highest BCUT2D eigenvalue weighted by atomic mass is 15.3. The molecule has 1 aliphatic rings. The van der Waals surface area contributed by atoms with Gasteiger partial charge in [0, 0.05) is 19.5 Å². The summed E-state index contributed by atoms with van der Waals surface area (Å²) in [7, 11) is 0. The monoisotopic (exact) mass is 258 g/mol. The first-order valence-electron chi connectivity index (χ1n) is 7.13. The first-order chi connectivity index (χ1) is 9.19. The van der Waals surface area contributed by atoms with Crippen LogP contribution in [0.2, 0.25) is 0 Å². The lowest BCUT2D eigenvalue weighted by molar-refractivity contribution is 0.419. The molecule has 19 heavy (non-hydrogen) atoms. The van der Waals surface area contributed by atoms with Gasteiger partial charge < -0.3 is 4.90 Å². The van der Waals surface area contributed by atoms with Crippen LogP contribution in [0.3, 0.4) is 0 Å². The number of hydrogen-bond acceptors (Lipinski definition) is 4. The summed E-state index contributed by atoms with van der Waals surface area (Å²) >= 11 is 0. The lowest BCUT2D eigenvalue weighted by Crippen LogP contribution is -2.36. The zero-order valence-electron chi connectivity index (χ0n) is 11.8. The Morgan fingerprint density at radius 2 is 2.26 bits per heavy atom. The number of rotatable bonds is 4. The van der Waals surface area contributed by atoms with Gasteiger partial charge in [0.1, 0.15) is 0 Å². The van der Waals surface area contributed by atoms with Gasteiger partial charge in [0.05, 0.1) is 11.8 Å². The molecule has 1 fully saturated rings. The number of nitriles is 1. The van der Waals surface area contributed by atoms with Crippen molar-refractivity contribution in [2.24, 2.45) is 11.8 Å². The highest BCUT2D eigenvalue weighted by Gasteiger charge is 2.20. The van der Waals surface area contributed by atoms with Gasteiger partial charge in [-0.15, -0.1) is 5.10 Å². The molecule has 0 spiro atoms. The molecule has 1 aromatic rings. The van der Waals surface area contributed by atoms with E-state index in [0.29, 0.717) is 18.3 Å². The maximum Gasteiger partial charge on any atom is 0.151 e. The average Bonchev–Trinajstić information content (AvgIpc) is 2.40. The third kappa shape index (κ3) is 3.92. The summed E-state index contributed by atoms with van der Waals surface area (Å²) in [5.74, 6) is 2.04. The molecule has 1 unspecified atom stereocenters. The van der Waals surface area contributed by atoms with E-state index in [1.54, 1.807) is 0 Å². The molecule has 0 aliphatic carbocycles. The fraction of sp³-hybridized carbons (Fsp3) is 0.667. The minimum absolute atomic E-state index is 0.482. The van der Waals surface area contributed by atoms with E-state index in [-0.39, 0.29) is 0 Å². The van der Waals surface area contributed by atoms with E-state index < -0.39 is 0 Å². The largest absolute Gasteiger partial charge is 0.355 e. The molecule has 1 saturated heterocycles. The lowest BCUT2D eigenvalue weighted by atomic mass is 9.95. The maximum atomic E-state index is 8.80. The van der Waals surface area contributed by atoms with Crippen LogP contribution in [0.5, 0.6) is 0 Å². The quantitative estimate of drug-likeness (QED) is 0.833. The van der Waals surface area contributed by atoms with Gasteiger partial charge in [-0.2, -0.15) is 10.4 Å². The van der Waals surface area contributed by atoms with E-state index in [0.717, 1.165) is 43.9 Å². The number of anilines is 1. The SMILES string of the molecule is CC(C)Cc1ccc(N2CCCC(CC#N)C2)nn1. The van der Waals surface area contributed by atoms with Crippen LogP contribution < -0.4 is 4.90 Å². The summed E-state index contributed by atoms with van der Waals surface area (Å²) in [4.78, 5) is 2.26. The lowest BCUT2D eigenvalue weighted by Gasteiger charge is -2.32. The van der Waals surface area contributed by atoms with Gasteiger partial charge in [-0.1, -0.05) is 13.8 Å². The Bertz CT molecular complexity index is 432. The molecule has 4 nitrogen and oxygen atoms in total. The Kier molecular flexibility index (Phi) is 4.73. The van der Waals surface area contributed by atoms with Crippen LogP contribution in [0, 0.1) is 23.2 Å². The van der Waals surface area contributed by atoms with Gasteiger partial charge in [0.15, 0.2) is 5.82 Å². The smallest absolute Gasteiger partial charge is 0.151 e. The van der Waals surface area contributed by atoms with E-state index >= 15 is 0 Å². The van der Waals surface area contributed by atoms with Crippen molar-refractivity contribution in [1.29, 1.82) is 5.26 Å². The molecule has 0 radical (unpaired) electrons. The summed E-state index contributed by atoms with van der Waals surface area (Å²) in [6.45, 7) is 6.34. The van der Waals surface area contributed by atoms with E-state index in [1.165, 1.54) is 0 Å². The molecule has 0 bridgehead atoms. The summed E-state index contributed by atoms with van der Waals surface area (Å²) in [6.07, 6.45) is 3.92. The fourth-order valence-corrected chi connectivity index (χ4v) is 2.62. The molecular weight excluding hydrogens is 236 g/mol. The predicted molar refractivity (Wildman–Crippen MR) is 75.7 cm³/mol. The molecule has 0 aromatic carbocycles. The minimum atomic E-state index is 0.482. The molecule has 0 N–H and O–H groups in total. The zero-order valence-corrected chi connectivity index (χ0v) is 11.8. The molecule has 1 aliphatic heterocycles. The third-order valence-corrected chi connectivity index (χ3v) is 3.55. The summed E-state index contributed by atoms with van der Waals surface area (Å²) in [5.41, 5.74) is 1.06. The van der Waals surface area contributed by atoms with Crippen molar-refractivity contribution in [3.05, 3.63) is 17.8 Å². The number of piperidine rings is 1. The Morgan fingerprint density at radius 3 is 2.89 bits per heavy atom. The van der Waals surface area contributed by atoms with E-state index in [2.05, 4.69) is 47.1 Å². The van der Waals surface area contributed by atoms with Gasteiger partial charge in [0.2, 0.25) is 0 Å². The fourth-order valence-electron chi connectivity index (χ4n) is 2.62. The average molecular weight is 258 g/mol. The molecule has 1 atom stereocenters. The molecule has 4 heteroatoms. The second-order valence-electron chi connectivity index (χ2n) is 5.80. The Hall–Kier alpha value is -1.63. The Morgan fingerprint density at radius 1 is 1.42 bits per heavy atom. The highest BCUT2D eigenvalue weighted by molar-refractivity contribution is 5.38. The Labute approximate surface area is 115 Å². The zero-order chi connectivity index (χ0) is 13.7. The van der Waals surface area contributed by atoms with Gasteiger partial charge in [0.25, 0.3) is 0 Å². The maximum absolute atomic E-state index is 8.80. The van der Waals surface area contributed by atoms with Gasteiger partial charge in [-0.3, -0.25) is 0 Å². The predicted octanol–water partition coefficient (Wildman–Crippen LogP) is 2.81. The number of nitrogens with zero attached hydrogens (tertiary/aromatic N) is 4. The first-order valence-corrected chi connectivity index (χ1v) is 7.13. The molecule has 102 valence electrons. The van der Waals surface area contributed by atoms with Crippen molar-refractivity contribution in [1.82, 2.24) is 10.2 Å². The molecular formula is C15H22N4. The summed E-state index contributed by atoms with van der Waals surface area (Å²) < 4.78 is 0. The number of aromatic nitrogens is 2. The molecule has 2 rings (SSSR count). The third-order valence-electron chi connectivity index (χ3n) is 3.55. The van der Waals surface area contributed by atoms with Crippen molar-refractivity contribution >= 4 is 5.82 Å². The highest BCUT2D eigenvalue weighted by Crippen LogP contribution is 2.23. The summed E-state index contributed by atoms with van der Waals surface area (Å²) in [5, 5.41) is 17.5. The van der Waals surface area contributed by atoms with Crippen LogP contribution in [0.25, 0.3) is 0 Å². The van der Waals surface area contributed by atoms with Crippen LogP contribution in [0.1, 0.15) is 38.8 Å². The van der Waals surface area contributed by atoms with Crippen molar-refractivity contribution in [3.63, 3.8) is 0 Å². The van der Waals surface area contributed by atoms with Gasteiger partial charge in [-0.25, -0.2) is 0 Å². The first kappa shape index (κ1) is 13.8. The minimum Gasteiger partial charge on any atom is -0.355 e. The molecule has 0 saturated carbocycles. The number of hydrogen-bond donors (Lipinski definition) is 0. The van der Waals surface area contributed by atoms with Crippen molar-refractivity contribution < 1.29 is 0 Å². The van der Waals surface area contributed by atoms with E-state index in [9.17, 15) is 0 Å². The van der Waals surface area contributed by atoms with Crippen LogP contribution in [-0.4, -0.2) is 23.3 Å². The molecule has 1 aromatic heterocycles. The van der Waals surface area contributed by atoms with Crippen molar-refractivity contribution in [2.75, 3.05) is 18.0 Å². The van der Waals surface area contributed by atoms with Crippen molar-refractivity contribution in [2.45, 2.75) is 39.5 Å². The molecule has 2 heterocycles. The second-order valence-corrected chi connectivity index (χ2v) is 5.80. The van der Waals surface area contributed by atoms with Crippen LogP contribution in [-0.2, 0) is 6.42 Å². The van der Waals surface area contributed by atoms with E-state index in [4.69, 9.17) is 5.26 Å². The van der Waals surface area contributed by atoms with E-state index in [1.807, 2.05) is 0 Å².